The topological polar surface area (TPSA) is 61.5 Å². The number of hydrogen-bond donors (Lipinski definition) is 2. The second-order valence-corrected chi connectivity index (χ2v) is 5.36. The zero-order valence-electron chi connectivity index (χ0n) is 9.70. The van der Waals surface area contributed by atoms with Crippen LogP contribution in [0.1, 0.15) is 0 Å². The Bertz CT molecular complexity index is 1000. The summed E-state index contributed by atoms with van der Waals surface area (Å²) in [5.41, 5.74) is 2.30. The molecule has 5 heteroatoms. The molecule has 0 spiro atoms. The zero-order chi connectivity index (χ0) is 13.0. The largest absolute Gasteiger partial charge is 0.323 e. The lowest BCUT2D eigenvalue weighted by molar-refractivity contribution is 1.12. The predicted molar refractivity (Wildman–Crippen MR) is 79.4 cm³/mol. The molecular formula is C14H8BrN3O. The SMILES string of the molecule is O=c1[nH]cc2ccc3c4cc(Br)ccc4nc3c2[nH]1. The minimum atomic E-state index is -0.228. The van der Waals surface area contributed by atoms with Crippen LogP contribution in [0.5, 0.6) is 0 Å². The number of aromatic nitrogens is 3. The Morgan fingerprint density at radius 1 is 1.11 bits per heavy atom. The van der Waals surface area contributed by atoms with Crippen LogP contribution in [0.4, 0.5) is 0 Å². The molecule has 4 rings (SSSR count). The van der Waals surface area contributed by atoms with Crippen molar-refractivity contribution in [3.8, 4) is 0 Å². The number of rotatable bonds is 0. The highest BCUT2D eigenvalue weighted by atomic mass is 79.9. The highest BCUT2D eigenvalue weighted by Gasteiger charge is 2.09. The van der Waals surface area contributed by atoms with Gasteiger partial charge in [0.05, 0.1) is 16.6 Å². The molecule has 2 aromatic heterocycles. The van der Waals surface area contributed by atoms with E-state index in [-0.39, 0.29) is 5.69 Å². The lowest BCUT2D eigenvalue weighted by Crippen LogP contribution is -2.08. The van der Waals surface area contributed by atoms with Crippen LogP contribution >= 0.6 is 15.9 Å². The first kappa shape index (κ1) is 10.8. The summed E-state index contributed by atoms with van der Waals surface area (Å²) in [6.07, 6.45) is 1.70. The molecule has 0 aliphatic heterocycles. The van der Waals surface area contributed by atoms with Gasteiger partial charge in [-0.05, 0) is 18.2 Å². The van der Waals surface area contributed by atoms with Gasteiger partial charge in [0.2, 0.25) is 0 Å². The average Bonchev–Trinajstić information content (AvgIpc) is 2.77. The van der Waals surface area contributed by atoms with Crippen LogP contribution in [0.15, 0.2) is 45.8 Å². The van der Waals surface area contributed by atoms with Crippen molar-refractivity contribution in [1.29, 1.82) is 0 Å². The Kier molecular flexibility index (Phi) is 2.08. The first-order valence-corrected chi connectivity index (χ1v) is 6.61. The molecule has 0 fully saturated rings. The van der Waals surface area contributed by atoms with E-state index in [1.54, 1.807) is 6.20 Å². The minimum absolute atomic E-state index is 0.228. The van der Waals surface area contributed by atoms with E-state index in [9.17, 15) is 4.79 Å². The molecule has 92 valence electrons. The van der Waals surface area contributed by atoms with Crippen molar-refractivity contribution >= 4 is 48.6 Å². The van der Waals surface area contributed by atoms with Crippen LogP contribution in [-0.4, -0.2) is 15.0 Å². The van der Waals surface area contributed by atoms with E-state index >= 15 is 0 Å². The lowest BCUT2D eigenvalue weighted by Gasteiger charge is -1.98. The van der Waals surface area contributed by atoms with Gasteiger partial charge in [0, 0.05) is 26.8 Å². The van der Waals surface area contributed by atoms with Crippen molar-refractivity contribution in [2.24, 2.45) is 0 Å². The summed E-state index contributed by atoms with van der Waals surface area (Å²) in [5.74, 6) is 0. The van der Waals surface area contributed by atoms with Crippen LogP contribution < -0.4 is 5.69 Å². The Balaban J connectivity index is 2.30. The fraction of sp³-hybridized carbons (Fsp3) is 0. The molecule has 2 N–H and O–H groups in total. The molecule has 0 atom stereocenters. The minimum Gasteiger partial charge on any atom is -0.314 e. The van der Waals surface area contributed by atoms with E-state index in [1.807, 2.05) is 30.3 Å². The van der Waals surface area contributed by atoms with Gasteiger partial charge in [-0.2, -0.15) is 0 Å². The molecule has 4 aromatic rings. The molecule has 0 unspecified atom stereocenters. The summed E-state index contributed by atoms with van der Waals surface area (Å²) in [6.45, 7) is 0. The Morgan fingerprint density at radius 3 is 2.89 bits per heavy atom. The number of fused-ring (bicyclic) bond motifs is 5. The van der Waals surface area contributed by atoms with Gasteiger partial charge >= 0.3 is 5.69 Å². The number of H-pyrrole nitrogens is 2. The van der Waals surface area contributed by atoms with Crippen molar-refractivity contribution < 1.29 is 0 Å². The van der Waals surface area contributed by atoms with E-state index in [4.69, 9.17) is 0 Å². The molecular weight excluding hydrogens is 306 g/mol. The second kappa shape index (κ2) is 3.68. The molecule has 0 aliphatic carbocycles. The van der Waals surface area contributed by atoms with Crippen molar-refractivity contribution in [2.45, 2.75) is 0 Å². The summed E-state index contributed by atoms with van der Waals surface area (Å²) >= 11 is 3.47. The first-order chi connectivity index (χ1) is 9.22. The van der Waals surface area contributed by atoms with Gasteiger partial charge in [0.25, 0.3) is 0 Å². The van der Waals surface area contributed by atoms with Gasteiger partial charge in [-0.25, -0.2) is 9.78 Å². The summed E-state index contributed by atoms with van der Waals surface area (Å²) < 4.78 is 1.02. The van der Waals surface area contributed by atoms with Gasteiger partial charge in [-0.1, -0.05) is 28.1 Å². The van der Waals surface area contributed by atoms with Crippen LogP contribution in [-0.2, 0) is 0 Å². The highest BCUT2D eigenvalue weighted by molar-refractivity contribution is 9.10. The Labute approximate surface area is 115 Å². The summed E-state index contributed by atoms with van der Waals surface area (Å²) in [7, 11) is 0. The molecule has 0 saturated carbocycles. The van der Waals surface area contributed by atoms with E-state index in [2.05, 4.69) is 30.9 Å². The molecule has 0 amide bonds. The average molecular weight is 314 g/mol. The maximum atomic E-state index is 11.5. The third-order valence-corrected chi connectivity index (χ3v) is 3.78. The first-order valence-electron chi connectivity index (χ1n) is 5.82. The quantitative estimate of drug-likeness (QED) is 0.523. The second-order valence-electron chi connectivity index (χ2n) is 4.44. The molecule has 0 bridgehead atoms. The zero-order valence-corrected chi connectivity index (χ0v) is 11.3. The number of nitrogens with one attached hydrogen (secondary N) is 2. The standard InChI is InChI=1S/C14H8BrN3O/c15-8-2-4-11-10(5-8)9-3-1-7-6-16-14(19)18-12(7)13(9)17-11/h1-6H,(H2,16,18,19). The number of aromatic amines is 2. The van der Waals surface area contributed by atoms with E-state index in [0.717, 1.165) is 37.2 Å². The van der Waals surface area contributed by atoms with E-state index in [1.165, 1.54) is 0 Å². The van der Waals surface area contributed by atoms with Crippen LogP contribution in [0, 0.1) is 0 Å². The van der Waals surface area contributed by atoms with E-state index < -0.39 is 0 Å². The van der Waals surface area contributed by atoms with Crippen LogP contribution in [0.2, 0.25) is 0 Å². The van der Waals surface area contributed by atoms with Crippen LogP contribution in [0.3, 0.4) is 0 Å². The monoisotopic (exact) mass is 313 g/mol. The maximum Gasteiger partial charge on any atom is 0.323 e. The van der Waals surface area contributed by atoms with Gasteiger partial charge < -0.3 is 9.97 Å². The summed E-state index contributed by atoms with van der Waals surface area (Å²) in [5, 5.41) is 3.07. The number of benzene rings is 2. The smallest absolute Gasteiger partial charge is 0.314 e. The number of hydrogen-bond acceptors (Lipinski definition) is 2. The normalized spacial score (nSPS) is 11.6. The van der Waals surface area contributed by atoms with Gasteiger partial charge in [0.15, 0.2) is 0 Å². The predicted octanol–water partition coefficient (Wildman–Crippen LogP) is 3.32. The van der Waals surface area contributed by atoms with Crippen LogP contribution in [0.25, 0.3) is 32.7 Å². The van der Waals surface area contributed by atoms with Gasteiger partial charge in [-0.15, -0.1) is 0 Å². The highest BCUT2D eigenvalue weighted by Crippen LogP contribution is 2.31. The lowest BCUT2D eigenvalue weighted by atomic mass is 10.1. The molecule has 0 radical (unpaired) electrons. The van der Waals surface area contributed by atoms with Crippen molar-refractivity contribution in [2.75, 3.05) is 0 Å². The Morgan fingerprint density at radius 2 is 2.00 bits per heavy atom. The fourth-order valence-corrected chi connectivity index (χ4v) is 2.79. The van der Waals surface area contributed by atoms with Crippen molar-refractivity contribution in [3.63, 3.8) is 0 Å². The molecule has 2 heterocycles. The van der Waals surface area contributed by atoms with Crippen molar-refractivity contribution in [3.05, 3.63) is 51.5 Å². The third-order valence-electron chi connectivity index (χ3n) is 3.29. The Hall–Kier alpha value is -2.14. The molecule has 0 saturated heterocycles. The molecule has 2 aromatic carbocycles. The number of halogens is 1. The molecule has 4 nitrogen and oxygen atoms in total. The maximum absolute atomic E-state index is 11.5. The fourth-order valence-electron chi connectivity index (χ4n) is 2.43. The molecule has 19 heavy (non-hydrogen) atoms. The van der Waals surface area contributed by atoms with E-state index in [0.29, 0.717) is 0 Å². The van der Waals surface area contributed by atoms with Gasteiger partial charge in [-0.3, -0.25) is 0 Å². The number of nitrogens with zero attached hydrogens (tertiary/aromatic N) is 1. The summed E-state index contributed by atoms with van der Waals surface area (Å²) in [4.78, 5) is 21.5. The summed E-state index contributed by atoms with van der Waals surface area (Å²) in [6, 6.07) is 9.99. The van der Waals surface area contributed by atoms with Gasteiger partial charge in [0.1, 0.15) is 0 Å². The molecule has 0 aliphatic rings. The third kappa shape index (κ3) is 1.51. The van der Waals surface area contributed by atoms with Crippen molar-refractivity contribution in [1.82, 2.24) is 15.0 Å².